The monoisotopic (exact) mass is 340 g/mol. The van der Waals surface area contributed by atoms with Gasteiger partial charge in [0.15, 0.2) is 17.5 Å². The van der Waals surface area contributed by atoms with Crippen molar-refractivity contribution in [1.82, 2.24) is 20.1 Å². The Bertz CT molecular complexity index is 739. The van der Waals surface area contributed by atoms with Gasteiger partial charge in [-0.15, -0.1) is 0 Å². The molecule has 1 aromatic heterocycles. The molecule has 1 saturated heterocycles. The number of hydrogen-bond acceptors (Lipinski definition) is 4. The fraction of sp³-hybridized carbons (Fsp3) is 0.400. The van der Waals surface area contributed by atoms with E-state index in [1.54, 1.807) is 0 Å². The molecule has 1 amide bonds. The molecule has 0 bridgehead atoms. The molecule has 24 heavy (non-hydrogen) atoms. The molecular weight excluding hydrogens is 325 g/mol. The van der Waals surface area contributed by atoms with Crippen LogP contribution in [0.25, 0.3) is 0 Å². The second-order valence-corrected chi connectivity index (χ2v) is 5.58. The highest BCUT2D eigenvalue weighted by Crippen LogP contribution is 2.29. The third-order valence-corrected chi connectivity index (χ3v) is 4.06. The van der Waals surface area contributed by atoms with Gasteiger partial charge in [0, 0.05) is 26.1 Å². The van der Waals surface area contributed by atoms with Gasteiger partial charge in [-0.25, -0.2) is 18.2 Å². The van der Waals surface area contributed by atoms with Crippen molar-refractivity contribution in [2.45, 2.75) is 18.4 Å². The molecule has 1 aromatic carbocycles. The number of aromatic amines is 1. The standard InChI is InChI=1S/C15H15F3N4O2/c1-22(15(23)9-2-3-10(16)13(18)12(9)17)6-11-8(4-5-24-11)14-19-7-20-21-14/h2-3,7-8,11H,4-6H2,1H3,(H,19,20,21)/t8-,11-/m1/s1. The first kappa shape index (κ1) is 16.4. The van der Waals surface area contributed by atoms with E-state index in [4.69, 9.17) is 4.74 Å². The molecule has 1 N–H and O–H groups in total. The van der Waals surface area contributed by atoms with Gasteiger partial charge in [0.05, 0.1) is 11.7 Å². The summed E-state index contributed by atoms with van der Waals surface area (Å²) in [6, 6.07) is 1.65. The number of carbonyl (C=O) groups excluding carboxylic acids is 1. The Balaban J connectivity index is 1.74. The summed E-state index contributed by atoms with van der Waals surface area (Å²) in [7, 11) is 1.45. The van der Waals surface area contributed by atoms with Crippen LogP contribution in [0.2, 0.25) is 0 Å². The van der Waals surface area contributed by atoms with Crippen LogP contribution in [0.3, 0.4) is 0 Å². The molecule has 0 radical (unpaired) electrons. The van der Waals surface area contributed by atoms with Gasteiger partial charge in [0.2, 0.25) is 0 Å². The van der Waals surface area contributed by atoms with E-state index in [-0.39, 0.29) is 18.6 Å². The van der Waals surface area contributed by atoms with Gasteiger partial charge < -0.3 is 9.64 Å². The van der Waals surface area contributed by atoms with Crippen molar-refractivity contribution in [2.75, 3.05) is 20.2 Å². The Kier molecular flexibility index (Phi) is 4.52. The van der Waals surface area contributed by atoms with E-state index in [2.05, 4.69) is 15.2 Å². The molecule has 9 heteroatoms. The number of ether oxygens (including phenoxy) is 1. The van der Waals surface area contributed by atoms with Crippen LogP contribution in [0.1, 0.15) is 28.5 Å². The predicted molar refractivity (Wildman–Crippen MR) is 76.8 cm³/mol. The summed E-state index contributed by atoms with van der Waals surface area (Å²) < 4.78 is 45.7. The van der Waals surface area contributed by atoms with E-state index < -0.39 is 28.9 Å². The van der Waals surface area contributed by atoms with Gasteiger partial charge in [-0.2, -0.15) is 5.10 Å². The van der Waals surface area contributed by atoms with E-state index in [1.807, 2.05) is 0 Å². The number of hydrogen-bond donors (Lipinski definition) is 1. The van der Waals surface area contributed by atoms with Crippen molar-refractivity contribution in [1.29, 1.82) is 0 Å². The normalized spacial score (nSPS) is 20.3. The summed E-state index contributed by atoms with van der Waals surface area (Å²) >= 11 is 0. The number of amides is 1. The minimum absolute atomic E-state index is 0.0717. The third-order valence-electron chi connectivity index (χ3n) is 4.06. The Morgan fingerprint density at radius 1 is 1.38 bits per heavy atom. The van der Waals surface area contributed by atoms with Crippen LogP contribution in [0, 0.1) is 17.5 Å². The molecule has 3 rings (SSSR count). The molecule has 1 aliphatic heterocycles. The smallest absolute Gasteiger partial charge is 0.256 e. The number of rotatable bonds is 4. The van der Waals surface area contributed by atoms with Crippen molar-refractivity contribution in [2.24, 2.45) is 0 Å². The lowest BCUT2D eigenvalue weighted by molar-refractivity contribution is 0.0546. The Hall–Kier alpha value is -2.42. The van der Waals surface area contributed by atoms with Crippen molar-refractivity contribution >= 4 is 5.91 Å². The van der Waals surface area contributed by atoms with Crippen LogP contribution in [0.15, 0.2) is 18.5 Å². The topological polar surface area (TPSA) is 71.1 Å². The number of aromatic nitrogens is 3. The fourth-order valence-corrected chi connectivity index (χ4v) is 2.78. The maximum Gasteiger partial charge on any atom is 0.256 e. The van der Waals surface area contributed by atoms with E-state index in [9.17, 15) is 18.0 Å². The van der Waals surface area contributed by atoms with Crippen LogP contribution in [-0.2, 0) is 4.74 Å². The Morgan fingerprint density at radius 3 is 2.88 bits per heavy atom. The lowest BCUT2D eigenvalue weighted by Gasteiger charge is -2.24. The summed E-state index contributed by atoms with van der Waals surface area (Å²) in [5, 5.41) is 6.56. The maximum absolute atomic E-state index is 13.8. The molecule has 0 spiro atoms. The van der Waals surface area contributed by atoms with E-state index in [0.29, 0.717) is 18.9 Å². The molecule has 0 unspecified atom stereocenters. The number of likely N-dealkylation sites (N-methyl/N-ethyl adjacent to an activating group) is 1. The molecule has 0 aliphatic carbocycles. The molecule has 1 aliphatic rings. The van der Waals surface area contributed by atoms with Crippen LogP contribution in [0.4, 0.5) is 13.2 Å². The average Bonchev–Trinajstić information content (AvgIpc) is 3.23. The molecule has 2 atom stereocenters. The van der Waals surface area contributed by atoms with E-state index >= 15 is 0 Å². The largest absolute Gasteiger partial charge is 0.376 e. The quantitative estimate of drug-likeness (QED) is 0.863. The lowest BCUT2D eigenvalue weighted by atomic mass is 10.00. The van der Waals surface area contributed by atoms with E-state index in [1.165, 1.54) is 18.3 Å². The number of carbonyl (C=O) groups is 1. The van der Waals surface area contributed by atoms with Gasteiger partial charge in [-0.3, -0.25) is 9.89 Å². The van der Waals surface area contributed by atoms with Gasteiger partial charge in [0.1, 0.15) is 12.2 Å². The van der Waals surface area contributed by atoms with Crippen LogP contribution in [-0.4, -0.2) is 52.3 Å². The summed E-state index contributed by atoms with van der Waals surface area (Å²) in [5.41, 5.74) is -0.523. The fourth-order valence-electron chi connectivity index (χ4n) is 2.78. The van der Waals surface area contributed by atoms with Gasteiger partial charge >= 0.3 is 0 Å². The number of nitrogens with one attached hydrogen (secondary N) is 1. The number of nitrogens with zero attached hydrogens (tertiary/aromatic N) is 3. The minimum atomic E-state index is -1.66. The van der Waals surface area contributed by atoms with Crippen LogP contribution in [0.5, 0.6) is 0 Å². The molecule has 128 valence electrons. The zero-order valence-corrected chi connectivity index (χ0v) is 12.8. The van der Waals surface area contributed by atoms with Crippen LogP contribution < -0.4 is 0 Å². The molecule has 2 heterocycles. The first-order chi connectivity index (χ1) is 11.5. The third kappa shape index (κ3) is 2.99. The van der Waals surface area contributed by atoms with E-state index in [0.717, 1.165) is 12.1 Å². The van der Waals surface area contributed by atoms with Crippen molar-refractivity contribution in [3.05, 3.63) is 47.3 Å². The summed E-state index contributed by atoms with van der Waals surface area (Å²) in [6.07, 6.45) is 1.75. The van der Waals surface area contributed by atoms with Gasteiger partial charge in [-0.05, 0) is 18.6 Å². The molecular formula is C15H15F3N4O2. The summed E-state index contributed by atoms with van der Waals surface area (Å²) in [4.78, 5) is 17.6. The Morgan fingerprint density at radius 2 is 2.17 bits per heavy atom. The molecule has 1 fully saturated rings. The van der Waals surface area contributed by atoms with Gasteiger partial charge in [-0.1, -0.05) is 0 Å². The highest BCUT2D eigenvalue weighted by Gasteiger charge is 2.34. The zero-order chi connectivity index (χ0) is 17.3. The first-order valence-corrected chi connectivity index (χ1v) is 7.35. The zero-order valence-electron chi connectivity index (χ0n) is 12.8. The second-order valence-electron chi connectivity index (χ2n) is 5.58. The Labute approximate surface area is 135 Å². The lowest BCUT2D eigenvalue weighted by Crippen LogP contribution is -2.37. The first-order valence-electron chi connectivity index (χ1n) is 7.35. The minimum Gasteiger partial charge on any atom is -0.376 e. The highest BCUT2D eigenvalue weighted by molar-refractivity contribution is 5.94. The van der Waals surface area contributed by atoms with Gasteiger partial charge in [0.25, 0.3) is 5.91 Å². The van der Waals surface area contributed by atoms with Crippen molar-refractivity contribution < 1.29 is 22.7 Å². The van der Waals surface area contributed by atoms with Crippen LogP contribution >= 0.6 is 0 Å². The summed E-state index contributed by atoms with van der Waals surface area (Å²) in [5.74, 6) is -4.67. The number of H-pyrrole nitrogens is 1. The SMILES string of the molecule is CN(C[C@H]1OCC[C@H]1c1ncn[nH]1)C(=O)c1ccc(F)c(F)c1F. The average molecular weight is 340 g/mol. The van der Waals surface area contributed by atoms with Crippen molar-refractivity contribution in [3.8, 4) is 0 Å². The molecule has 2 aromatic rings. The maximum atomic E-state index is 13.8. The number of halogens is 3. The second kappa shape index (κ2) is 6.60. The predicted octanol–water partition coefficient (Wildman–Crippen LogP) is 1.87. The summed E-state index contributed by atoms with van der Waals surface area (Å²) in [6.45, 7) is 0.653. The molecule has 6 nitrogen and oxygen atoms in total. The molecule has 0 saturated carbocycles. The highest BCUT2D eigenvalue weighted by atomic mass is 19.2. The number of benzene rings is 1. The van der Waals surface area contributed by atoms with Crippen molar-refractivity contribution in [3.63, 3.8) is 0 Å².